The first-order valence-electron chi connectivity index (χ1n) is 7.91. The normalized spacial score (nSPS) is 22.0. The SMILES string of the molecule is O=C1OCc2ccc(CN3CCOCC(O)C3)c3cccc1c23. The number of cyclic esters (lactones) is 1. The minimum atomic E-state index is -0.451. The van der Waals surface area contributed by atoms with Gasteiger partial charge in [0.15, 0.2) is 0 Å². The fraction of sp³-hybridized carbons (Fsp3) is 0.389. The molecule has 1 atom stereocenters. The molecule has 1 unspecified atom stereocenters. The van der Waals surface area contributed by atoms with Crippen molar-refractivity contribution in [2.75, 3.05) is 26.3 Å². The van der Waals surface area contributed by atoms with E-state index < -0.39 is 6.10 Å². The summed E-state index contributed by atoms with van der Waals surface area (Å²) in [4.78, 5) is 14.2. The number of nitrogens with zero attached hydrogens (tertiary/aromatic N) is 1. The number of aliphatic hydroxyl groups excluding tert-OH is 1. The van der Waals surface area contributed by atoms with Crippen LogP contribution in [-0.4, -0.2) is 48.4 Å². The van der Waals surface area contributed by atoms with E-state index in [0.29, 0.717) is 31.9 Å². The molecule has 2 aliphatic rings. The Kier molecular flexibility index (Phi) is 3.77. The van der Waals surface area contributed by atoms with Crippen molar-refractivity contribution in [3.05, 3.63) is 47.0 Å². The topological polar surface area (TPSA) is 59.0 Å². The second-order valence-electron chi connectivity index (χ2n) is 6.15. The molecule has 1 fully saturated rings. The number of aliphatic hydroxyl groups is 1. The van der Waals surface area contributed by atoms with Gasteiger partial charge in [0.2, 0.25) is 0 Å². The number of carbonyl (C=O) groups excluding carboxylic acids is 1. The lowest BCUT2D eigenvalue weighted by Crippen LogP contribution is -2.32. The largest absolute Gasteiger partial charge is 0.457 e. The van der Waals surface area contributed by atoms with E-state index in [4.69, 9.17) is 9.47 Å². The van der Waals surface area contributed by atoms with E-state index in [9.17, 15) is 9.90 Å². The Labute approximate surface area is 134 Å². The van der Waals surface area contributed by atoms with Crippen LogP contribution < -0.4 is 0 Å². The number of hydrogen-bond donors (Lipinski definition) is 1. The molecule has 1 saturated heterocycles. The molecule has 120 valence electrons. The summed E-state index contributed by atoms with van der Waals surface area (Å²) in [6, 6.07) is 9.91. The number of β-amino-alcohol motifs (C(OH)–C–C–N with tert-alkyl or cyclic N) is 1. The molecule has 2 aliphatic heterocycles. The van der Waals surface area contributed by atoms with Crippen LogP contribution in [0.3, 0.4) is 0 Å². The Morgan fingerprint density at radius 2 is 2.17 bits per heavy atom. The summed E-state index contributed by atoms with van der Waals surface area (Å²) in [6.07, 6.45) is -0.451. The van der Waals surface area contributed by atoms with E-state index in [0.717, 1.165) is 35.0 Å². The lowest BCUT2D eigenvalue weighted by Gasteiger charge is -2.24. The third kappa shape index (κ3) is 2.72. The standard InChI is InChI=1S/C18H19NO4/c20-14-9-19(6-7-22-11-14)8-12-4-5-13-10-23-18(21)16-3-1-2-15(12)17(13)16/h1-5,14,20H,6-11H2. The molecule has 4 rings (SSSR count). The second-order valence-corrected chi connectivity index (χ2v) is 6.15. The number of benzene rings is 2. The van der Waals surface area contributed by atoms with Gasteiger partial charge in [-0.2, -0.15) is 0 Å². The molecule has 0 aromatic heterocycles. The molecule has 0 aliphatic carbocycles. The van der Waals surface area contributed by atoms with Gasteiger partial charge in [0, 0.05) is 25.0 Å². The lowest BCUT2D eigenvalue weighted by molar-refractivity contribution is 0.0463. The van der Waals surface area contributed by atoms with Gasteiger partial charge in [-0.1, -0.05) is 24.3 Å². The van der Waals surface area contributed by atoms with E-state index in [1.807, 2.05) is 18.2 Å². The zero-order valence-electron chi connectivity index (χ0n) is 12.8. The van der Waals surface area contributed by atoms with Gasteiger partial charge in [-0.3, -0.25) is 4.90 Å². The van der Waals surface area contributed by atoms with Crippen LogP contribution in [0.15, 0.2) is 30.3 Å². The van der Waals surface area contributed by atoms with E-state index in [2.05, 4.69) is 17.0 Å². The van der Waals surface area contributed by atoms with Crippen LogP contribution in [-0.2, 0) is 22.6 Å². The Bertz CT molecular complexity index is 758. The average molecular weight is 313 g/mol. The summed E-state index contributed by atoms with van der Waals surface area (Å²) in [5.41, 5.74) is 2.86. The highest BCUT2D eigenvalue weighted by Crippen LogP contribution is 2.31. The van der Waals surface area contributed by atoms with Gasteiger partial charge in [-0.15, -0.1) is 0 Å². The van der Waals surface area contributed by atoms with Crippen LogP contribution in [0.1, 0.15) is 21.5 Å². The number of carbonyl (C=O) groups is 1. The van der Waals surface area contributed by atoms with Crippen LogP contribution >= 0.6 is 0 Å². The Hall–Kier alpha value is -1.95. The number of rotatable bonds is 2. The van der Waals surface area contributed by atoms with Crippen molar-refractivity contribution in [1.29, 1.82) is 0 Å². The van der Waals surface area contributed by atoms with Gasteiger partial charge >= 0.3 is 5.97 Å². The third-order valence-corrected chi connectivity index (χ3v) is 4.52. The molecular weight excluding hydrogens is 294 g/mol. The van der Waals surface area contributed by atoms with Gasteiger partial charge < -0.3 is 14.6 Å². The maximum absolute atomic E-state index is 12.0. The smallest absolute Gasteiger partial charge is 0.339 e. The monoisotopic (exact) mass is 313 g/mol. The summed E-state index contributed by atoms with van der Waals surface area (Å²) in [5.74, 6) is -0.251. The van der Waals surface area contributed by atoms with Crippen LogP contribution in [0, 0.1) is 0 Å². The van der Waals surface area contributed by atoms with Gasteiger partial charge in [0.25, 0.3) is 0 Å². The first-order valence-corrected chi connectivity index (χ1v) is 7.91. The first-order chi connectivity index (χ1) is 11.2. The van der Waals surface area contributed by atoms with Crippen LogP contribution in [0.2, 0.25) is 0 Å². The zero-order valence-corrected chi connectivity index (χ0v) is 12.8. The van der Waals surface area contributed by atoms with Crippen LogP contribution in [0.25, 0.3) is 10.8 Å². The molecule has 5 heteroatoms. The number of hydrogen-bond acceptors (Lipinski definition) is 5. The molecule has 2 heterocycles. The van der Waals surface area contributed by atoms with Crippen molar-refractivity contribution >= 4 is 16.7 Å². The molecule has 0 amide bonds. The number of esters is 1. The fourth-order valence-corrected chi connectivity index (χ4v) is 3.43. The van der Waals surface area contributed by atoms with Crippen molar-refractivity contribution in [2.24, 2.45) is 0 Å². The molecule has 2 aromatic rings. The van der Waals surface area contributed by atoms with Crippen molar-refractivity contribution in [3.63, 3.8) is 0 Å². The van der Waals surface area contributed by atoms with Crippen LogP contribution in [0.5, 0.6) is 0 Å². The van der Waals surface area contributed by atoms with E-state index >= 15 is 0 Å². The van der Waals surface area contributed by atoms with Crippen molar-refractivity contribution in [3.8, 4) is 0 Å². The molecule has 0 bridgehead atoms. The molecule has 5 nitrogen and oxygen atoms in total. The quantitative estimate of drug-likeness (QED) is 0.855. The Morgan fingerprint density at radius 3 is 3.09 bits per heavy atom. The van der Waals surface area contributed by atoms with Gasteiger partial charge in [0.1, 0.15) is 6.61 Å². The minimum absolute atomic E-state index is 0.251. The predicted molar refractivity (Wildman–Crippen MR) is 85.2 cm³/mol. The average Bonchev–Trinajstić information content (AvgIpc) is 2.77. The molecule has 1 N–H and O–H groups in total. The van der Waals surface area contributed by atoms with Gasteiger partial charge in [-0.25, -0.2) is 4.79 Å². The molecule has 0 saturated carbocycles. The van der Waals surface area contributed by atoms with Crippen molar-refractivity contribution in [1.82, 2.24) is 4.90 Å². The maximum Gasteiger partial charge on any atom is 0.339 e. The summed E-state index contributed by atoms with van der Waals surface area (Å²) >= 11 is 0. The molecular formula is C18H19NO4. The summed E-state index contributed by atoms with van der Waals surface area (Å²) < 4.78 is 10.6. The lowest BCUT2D eigenvalue weighted by atomic mass is 9.94. The van der Waals surface area contributed by atoms with Crippen LogP contribution in [0.4, 0.5) is 0 Å². The first kappa shape index (κ1) is 14.6. The highest BCUT2D eigenvalue weighted by atomic mass is 16.5. The highest BCUT2D eigenvalue weighted by molar-refractivity contribution is 6.08. The zero-order chi connectivity index (χ0) is 15.8. The van der Waals surface area contributed by atoms with Crippen molar-refractivity contribution < 1.29 is 19.4 Å². The predicted octanol–water partition coefficient (Wildman–Crippen LogP) is 1.70. The van der Waals surface area contributed by atoms with E-state index in [1.54, 1.807) is 0 Å². The Morgan fingerprint density at radius 1 is 1.26 bits per heavy atom. The molecule has 0 radical (unpaired) electrons. The van der Waals surface area contributed by atoms with E-state index in [-0.39, 0.29) is 5.97 Å². The summed E-state index contributed by atoms with van der Waals surface area (Å²) in [5, 5.41) is 12.0. The molecule has 0 spiro atoms. The van der Waals surface area contributed by atoms with Gasteiger partial charge in [0.05, 0.1) is 24.9 Å². The van der Waals surface area contributed by atoms with E-state index in [1.165, 1.54) is 0 Å². The summed E-state index contributed by atoms with van der Waals surface area (Å²) in [7, 11) is 0. The fourth-order valence-electron chi connectivity index (χ4n) is 3.43. The summed E-state index contributed by atoms with van der Waals surface area (Å²) in [6.45, 7) is 3.49. The maximum atomic E-state index is 12.0. The number of ether oxygens (including phenoxy) is 2. The minimum Gasteiger partial charge on any atom is -0.457 e. The molecule has 2 aromatic carbocycles. The molecule has 23 heavy (non-hydrogen) atoms. The third-order valence-electron chi connectivity index (χ3n) is 4.52. The highest BCUT2D eigenvalue weighted by Gasteiger charge is 2.23. The van der Waals surface area contributed by atoms with Gasteiger partial charge in [-0.05, 0) is 22.6 Å². The second kappa shape index (κ2) is 5.92. The van der Waals surface area contributed by atoms with Crippen molar-refractivity contribution in [2.45, 2.75) is 19.3 Å². The Balaban J connectivity index is 1.73.